The van der Waals surface area contributed by atoms with Crippen LogP contribution in [0.15, 0.2) is 24.5 Å². The molecule has 2 heterocycles. The second kappa shape index (κ2) is 4.61. The first-order valence-corrected chi connectivity index (χ1v) is 6.04. The second-order valence-corrected chi connectivity index (χ2v) is 5.14. The van der Waals surface area contributed by atoms with Gasteiger partial charge < -0.3 is 0 Å². The summed E-state index contributed by atoms with van der Waals surface area (Å²) in [7, 11) is 1.88. The molecule has 0 N–H and O–H groups in total. The summed E-state index contributed by atoms with van der Waals surface area (Å²) in [6.45, 7) is 2.02. The molecule has 16 heavy (non-hydrogen) atoms. The van der Waals surface area contributed by atoms with Crippen LogP contribution in [0.2, 0.25) is 0 Å². The lowest BCUT2D eigenvalue weighted by molar-refractivity contribution is 0.0986. The Labute approximate surface area is 98.7 Å². The van der Waals surface area contributed by atoms with Crippen LogP contribution in [0.3, 0.4) is 0 Å². The molecule has 0 saturated heterocycles. The van der Waals surface area contributed by atoms with E-state index in [-0.39, 0.29) is 5.78 Å². The van der Waals surface area contributed by atoms with E-state index in [1.807, 2.05) is 38.5 Å². The van der Waals surface area contributed by atoms with E-state index in [2.05, 4.69) is 5.10 Å². The number of aryl methyl sites for hydroxylation is 3. The molecule has 0 unspecified atom stereocenters. The number of carbonyl (C=O) groups excluding carboxylic acids is 1. The predicted molar refractivity (Wildman–Crippen MR) is 64.9 cm³/mol. The molecule has 0 saturated carbocycles. The van der Waals surface area contributed by atoms with Gasteiger partial charge in [-0.05, 0) is 31.0 Å². The molecule has 2 rings (SSSR count). The number of ketones is 1. The Morgan fingerprint density at radius 1 is 1.50 bits per heavy atom. The van der Waals surface area contributed by atoms with Gasteiger partial charge in [0, 0.05) is 24.5 Å². The summed E-state index contributed by atoms with van der Waals surface area (Å²) in [5.74, 6) is 0.224. The Balaban J connectivity index is 1.93. The summed E-state index contributed by atoms with van der Waals surface area (Å²) in [5, 5.41) is 4.08. The van der Waals surface area contributed by atoms with Crippen LogP contribution in [0.4, 0.5) is 0 Å². The Hall–Kier alpha value is -1.42. The van der Waals surface area contributed by atoms with Gasteiger partial charge >= 0.3 is 0 Å². The van der Waals surface area contributed by atoms with Crippen molar-refractivity contribution in [3.05, 3.63) is 39.8 Å². The first-order chi connectivity index (χ1) is 7.65. The van der Waals surface area contributed by atoms with Crippen molar-refractivity contribution in [2.24, 2.45) is 7.05 Å². The van der Waals surface area contributed by atoms with Gasteiger partial charge in [0.05, 0.1) is 11.1 Å². The lowest BCUT2D eigenvalue weighted by Crippen LogP contribution is -1.97. The van der Waals surface area contributed by atoms with E-state index in [0.717, 1.165) is 16.9 Å². The van der Waals surface area contributed by atoms with Gasteiger partial charge in [-0.2, -0.15) is 5.10 Å². The van der Waals surface area contributed by atoms with Crippen LogP contribution in [-0.2, 0) is 13.5 Å². The minimum atomic E-state index is 0.224. The Morgan fingerprint density at radius 3 is 2.88 bits per heavy atom. The normalized spacial score (nSPS) is 10.6. The van der Waals surface area contributed by atoms with E-state index in [9.17, 15) is 4.79 Å². The smallest absolute Gasteiger partial charge is 0.173 e. The van der Waals surface area contributed by atoms with E-state index >= 15 is 0 Å². The summed E-state index contributed by atoms with van der Waals surface area (Å²) >= 11 is 1.57. The Bertz CT molecular complexity index is 499. The maximum Gasteiger partial charge on any atom is 0.173 e. The number of thiophene rings is 1. The molecule has 2 aromatic heterocycles. The third-order valence-electron chi connectivity index (χ3n) is 2.41. The number of carbonyl (C=O) groups is 1. The minimum Gasteiger partial charge on any atom is -0.293 e. The monoisotopic (exact) mass is 234 g/mol. The van der Waals surface area contributed by atoms with Gasteiger partial charge in [-0.3, -0.25) is 9.48 Å². The fraction of sp³-hybridized carbons (Fsp3) is 0.333. The summed E-state index contributed by atoms with van der Waals surface area (Å²) in [6, 6.07) is 3.90. The molecule has 0 aliphatic heterocycles. The van der Waals surface area contributed by atoms with Gasteiger partial charge in [0.1, 0.15) is 0 Å². The van der Waals surface area contributed by atoms with Crippen molar-refractivity contribution < 1.29 is 4.79 Å². The molecule has 4 heteroatoms. The van der Waals surface area contributed by atoms with Crippen LogP contribution in [0.25, 0.3) is 0 Å². The second-order valence-electron chi connectivity index (χ2n) is 3.86. The van der Waals surface area contributed by atoms with E-state index in [1.165, 1.54) is 4.88 Å². The zero-order chi connectivity index (χ0) is 11.5. The molecule has 0 amide bonds. The van der Waals surface area contributed by atoms with Crippen LogP contribution >= 0.6 is 11.3 Å². The molecule has 0 atom stereocenters. The Morgan fingerprint density at radius 2 is 2.31 bits per heavy atom. The highest BCUT2D eigenvalue weighted by molar-refractivity contribution is 7.14. The van der Waals surface area contributed by atoms with Crippen molar-refractivity contribution in [2.75, 3.05) is 0 Å². The maximum absolute atomic E-state index is 11.8. The van der Waals surface area contributed by atoms with Gasteiger partial charge in [-0.1, -0.05) is 0 Å². The quantitative estimate of drug-likeness (QED) is 0.762. The van der Waals surface area contributed by atoms with Crippen LogP contribution in [0, 0.1) is 6.92 Å². The summed E-state index contributed by atoms with van der Waals surface area (Å²) in [4.78, 5) is 13.9. The van der Waals surface area contributed by atoms with Crippen molar-refractivity contribution in [1.29, 1.82) is 0 Å². The van der Waals surface area contributed by atoms with Crippen molar-refractivity contribution in [3.63, 3.8) is 0 Å². The fourth-order valence-corrected chi connectivity index (χ4v) is 2.40. The largest absolute Gasteiger partial charge is 0.293 e. The third kappa shape index (κ3) is 2.58. The van der Waals surface area contributed by atoms with Crippen molar-refractivity contribution >= 4 is 17.1 Å². The number of aromatic nitrogens is 2. The van der Waals surface area contributed by atoms with Gasteiger partial charge in [0.25, 0.3) is 0 Å². The molecule has 0 aliphatic rings. The highest BCUT2D eigenvalue weighted by Crippen LogP contribution is 2.17. The molecule has 0 fully saturated rings. The number of rotatable bonds is 4. The van der Waals surface area contributed by atoms with E-state index in [1.54, 1.807) is 16.0 Å². The summed E-state index contributed by atoms with van der Waals surface area (Å²) in [5.41, 5.74) is 1.11. The molecule has 0 radical (unpaired) electrons. The predicted octanol–water partition coefficient (Wildman–Crippen LogP) is 2.61. The lowest BCUT2D eigenvalue weighted by atomic mass is 10.1. The van der Waals surface area contributed by atoms with Crippen LogP contribution in [0.1, 0.15) is 26.5 Å². The standard InChI is InChI=1S/C12H14N2OS/c1-9-3-6-12(16-9)11(15)5-4-10-7-13-14(2)8-10/h3,6-8H,4-5H2,1-2H3. The Kier molecular flexibility index (Phi) is 3.19. The molecule has 0 aliphatic carbocycles. The SMILES string of the molecule is Cc1ccc(C(=O)CCc2cnn(C)c2)s1. The van der Waals surface area contributed by atoms with Gasteiger partial charge in [0.2, 0.25) is 0 Å². The first-order valence-electron chi connectivity index (χ1n) is 5.22. The van der Waals surface area contributed by atoms with Crippen molar-refractivity contribution in [2.45, 2.75) is 19.8 Å². The lowest BCUT2D eigenvalue weighted by Gasteiger charge is -1.95. The number of hydrogen-bond donors (Lipinski definition) is 0. The van der Waals surface area contributed by atoms with Crippen LogP contribution in [-0.4, -0.2) is 15.6 Å². The molecular formula is C12H14N2OS. The molecular weight excluding hydrogens is 220 g/mol. The molecule has 84 valence electrons. The van der Waals surface area contributed by atoms with E-state index in [4.69, 9.17) is 0 Å². The van der Waals surface area contributed by atoms with Gasteiger partial charge in [-0.15, -0.1) is 11.3 Å². The third-order valence-corrected chi connectivity index (χ3v) is 3.46. The minimum absolute atomic E-state index is 0.224. The zero-order valence-corrected chi connectivity index (χ0v) is 10.3. The molecule has 3 nitrogen and oxygen atoms in total. The molecule has 0 spiro atoms. The number of nitrogens with zero attached hydrogens (tertiary/aromatic N) is 2. The first kappa shape index (κ1) is 11.1. The fourth-order valence-electron chi connectivity index (χ4n) is 1.57. The number of Topliss-reactive ketones (excluding diaryl/α,β-unsaturated/α-hetero) is 1. The highest BCUT2D eigenvalue weighted by Gasteiger charge is 2.08. The van der Waals surface area contributed by atoms with E-state index < -0.39 is 0 Å². The average molecular weight is 234 g/mol. The van der Waals surface area contributed by atoms with Gasteiger partial charge in [0.15, 0.2) is 5.78 Å². The summed E-state index contributed by atoms with van der Waals surface area (Å²) < 4.78 is 1.76. The van der Waals surface area contributed by atoms with Crippen molar-refractivity contribution in [1.82, 2.24) is 9.78 Å². The number of hydrogen-bond acceptors (Lipinski definition) is 3. The molecule has 2 aromatic rings. The van der Waals surface area contributed by atoms with Gasteiger partial charge in [-0.25, -0.2) is 0 Å². The molecule has 0 bridgehead atoms. The van der Waals surface area contributed by atoms with Crippen LogP contribution < -0.4 is 0 Å². The average Bonchev–Trinajstić information content (AvgIpc) is 2.84. The highest BCUT2D eigenvalue weighted by atomic mass is 32.1. The van der Waals surface area contributed by atoms with E-state index in [0.29, 0.717) is 6.42 Å². The zero-order valence-electron chi connectivity index (χ0n) is 9.43. The maximum atomic E-state index is 11.8. The van der Waals surface area contributed by atoms with Crippen LogP contribution in [0.5, 0.6) is 0 Å². The topological polar surface area (TPSA) is 34.9 Å². The van der Waals surface area contributed by atoms with Crippen molar-refractivity contribution in [3.8, 4) is 0 Å². The summed E-state index contributed by atoms with van der Waals surface area (Å²) in [6.07, 6.45) is 5.09. The molecule has 0 aromatic carbocycles.